The first kappa shape index (κ1) is 21.9. The maximum Gasteiger partial charge on any atom is 0.244 e. The molecular weight excluding hydrogens is 392 g/mol. The maximum absolute atomic E-state index is 12.2. The van der Waals surface area contributed by atoms with E-state index in [2.05, 4.69) is 5.32 Å². The van der Waals surface area contributed by atoms with Gasteiger partial charge in [-0.2, -0.15) is 11.8 Å². The number of nitrogens with one attached hydrogen (secondary N) is 2. The minimum atomic E-state index is -0.145. The summed E-state index contributed by atoms with van der Waals surface area (Å²) in [6, 6.07) is 16.7. The lowest BCUT2D eigenvalue weighted by molar-refractivity contribution is -0.117. The average molecular weight is 417 g/mol. The Labute approximate surface area is 175 Å². The molecule has 0 aliphatic rings. The Morgan fingerprint density at radius 2 is 1.93 bits per heavy atom. The molecule has 28 heavy (non-hydrogen) atoms. The maximum atomic E-state index is 12.2. The standard InChI is InChI=1S/C21H24N2O3S2/c1-28-14-13-18(22-20(24)12-7-16-5-3-2-4-6-16)15-26-19-10-8-17(9-11-19)21(27)23-25/h2-12,18,25H,13-15H2,1H3,(H,22,24)(H,23,27)/b12-7+/t18-/m1/s1. The zero-order valence-electron chi connectivity index (χ0n) is 15.6. The summed E-state index contributed by atoms with van der Waals surface area (Å²) in [5.41, 5.74) is 3.63. The number of ether oxygens (including phenoxy) is 1. The van der Waals surface area contributed by atoms with Crippen molar-refractivity contribution in [3.63, 3.8) is 0 Å². The van der Waals surface area contributed by atoms with Crippen LogP contribution in [0.5, 0.6) is 5.75 Å². The number of hydrogen-bond donors (Lipinski definition) is 3. The number of rotatable bonds is 10. The second-order valence-electron chi connectivity index (χ2n) is 6.01. The molecule has 2 aromatic rings. The Morgan fingerprint density at radius 1 is 1.21 bits per heavy atom. The molecule has 7 heteroatoms. The molecule has 0 bridgehead atoms. The third-order valence-electron chi connectivity index (χ3n) is 3.91. The zero-order valence-corrected chi connectivity index (χ0v) is 17.3. The fourth-order valence-electron chi connectivity index (χ4n) is 2.41. The largest absolute Gasteiger partial charge is 0.491 e. The van der Waals surface area contributed by atoms with Crippen molar-refractivity contribution in [1.29, 1.82) is 0 Å². The minimum absolute atomic E-state index is 0.0970. The summed E-state index contributed by atoms with van der Waals surface area (Å²) in [5.74, 6) is 1.45. The van der Waals surface area contributed by atoms with Gasteiger partial charge in [-0.15, -0.1) is 0 Å². The number of thiocarbonyl (C=S) groups is 1. The van der Waals surface area contributed by atoms with Crippen LogP contribution in [0.1, 0.15) is 17.5 Å². The Morgan fingerprint density at radius 3 is 2.57 bits per heavy atom. The molecule has 0 aromatic heterocycles. The van der Waals surface area contributed by atoms with E-state index in [9.17, 15) is 4.79 Å². The van der Waals surface area contributed by atoms with Crippen molar-refractivity contribution in [2.75, 3.05) is 18.6 Å². The van der Waals surface area contributed by atoms with Gasteiger partial charge in [0, 0.05) is 11.6 Å². The van der Waals surface area contributed by atoms with Gasteiger partial charge in [0.15, 0.2) is 0 Å². The van der Waals surface area contributed by atoms with Crippen molar-refractivity contribution in [3.8, 4) is 5.75 Å². The molecule has 0 radical (unpaired) electrons. The van der Waals surface area contributed by atoms with Crippen molar-refractivity contribution >= 4 is 41.0 Å². The van der Waals surface area contributed by atoms with Gasteiger partial charge >= 0.3 is 0 Å². The molecule has 0 spiro atoms. The van der Waals surface area contributed by atoms with E-state index in [0.29, 0.717) is 17.9 Å². The number of amides is 1. The van der Waals surface area contributed by atoms with Crippen LogP contribution in [-0.4, -0.2) is 40.8 Å². The van der Waals surface area contributed by atoms with Crippen LogP contribution >= 0.6 is 24.0 Å². The van der Waals surface area contributed by atoms with Crippen LogP contribution in [-0.2, 0) is 4.79 Å². The van der Waals surface area contributed by atoms with E-state index in [-0.39, 0.29) is 16.9 Å². The van der Waals surface area contributed by atoms with E-state index in [1.54, 1.807) is 48.2 Å². The van der Waals surface area contributed by atoms with Crippen molar-refractivity contribution in [3.05, 3.63) is 71.8 Å². The summed E-state index contributed by atoms with van der Waals surface area (Å²) in [7, 11) is 0. The molecule has 0 saturated carbocycles. The highest BCUT2D eigenvalue weighted by molar-refractivity contribution is 7.98. The van der Waals surface area contributed by atoms with Gasteiger partial charge in [0.1, 0.15) is 17.3 Å². The summed E-state index contributed by atoms with van der Waals surface area (Å²) in [5, 5.41) is 11.8. The van der Waals surface area contributed by atoms with Crippen LogP contribution in [0, 0.1) is 0 Å². The number of thioether (sulfide) groups is 1. The predicted molar refractivity (Wildman–Crippen MR) is 119 cm³/mol. The first-order valence-electron chi connectivity index (χ1n) is 8.82. The number of hydrogen-bond acceptors (Lipinski definition) is 5. The second-order valence-corrected chi connectivity index (χ2v) is 7.40. The lowest BCUT2D eigenvalue weighted by Gasteiger charge is -2.18. The predicted octanol–water partition coefficient (Wildman–Crippen LogP) is 3.67. The fourth-order valence-corrected chi connectivity index (χ4v) is 3.06. The van der Waals surface area contributed by atoms with Crippen molar-refractivity contribution in [2.24, 2.45) is 0 Å². The number of carbonyl (C=O) groups is 1. The monoisotopic (exact) mass is 416 g/mol. The van der Waals surface area contributed by atoms with Gasteiger partial charge in [0.2, 0.25) is 5.91 Å². The molecular formula is C21H24N2O3S2. The number of benzene rings is 2. The van der Waals surface area contributed by atoms with E-state index < -0.39 is 0 Å². The van der Waals surface area contributed by atoms with Gasteiger partial charge < -0.3 is 10.1 Å². The summed E-state index contributed by atoms with van der Waals surface area (Å²) in [6.07, 6.45) is 6.17. The number of carbonyl (C=O) groups excluding carboxylic acids is 1. The van der Waals surface area contributed by atoms with Gasteiger partial charge in [0.25, 0.3) is 0 Å². The quantitative estimate of drug-likeness (QED) is 0.312. The van der Waals surface area contributed by atoms with Crippen LogP contribution in [0.2, 0.25) is 0 Å². The highest BCUT2D eigenvalue weighted by atomic mass is 32.2. The molecule has 3 N–H and O–H groups in total. The molecule has 0 unspecified atom stereocenters. The fraction of sp³-hybridized carbons (Fsp3) is 0.238. The van der Waals surface area contributed by atoms with Crippen LogP contribution < -0.4 is 15.5 Å². The van der Waals surface area contributed by atoms with Gasteiger partial charge in [-0.25, -0.2) is 0 Å². The molecule has 0 heterocycles. The lowest BCUT2D eigenvalue weighted by Crippen LogP contribution is -2.38. The Balaban J connectivity index is 1.90. The lowest BCUT2D eigenvalue weighted by atomic mass is 10.2. The first-order chi connectivity index (χ1) is 13.6. The Hall–Kier alpha value is -2.35. The highest BCUT2D eigenvalue weighted by Crippen LogP contribution is 2.14. The van der Waals surface area contributed by atoms with E-state index >= 15 is 0 Å². The third kappa shape index (κ3) is 7.72. The summed E-state index contributed by atoms with van der Waals surface area (Å²) >= 11 is 6.70. The third-order valence-corrected chi connectivity index (χ3v) is 4.88. The molecule has 1 atom stereocenters. The molecule has 0 aliphatic heterocycles. The van der Waals surface area contributed by atoms with Crippen molar-refractivity contribution < 1.29 is 14.7 Å². The molecule has 5 nitrogen and oxygen atoms in total. The molecule has 1 amide bonds. The van der Waals surface area contributed by atoms with Gasteiger partial charge in [0.05, 0.1) is 6.04 Å². The minimum Gasteiger partial charge on any atom is -0.491 e. The molecule has 2 rings (SSSR count). The van der Waals surface area contributed by atoms with E-state index in [4.69, 9.17) is 22.2 Å². The highest BCUT2D eigenvalue weighted by Gasteiger charge is 2.12. The van der Waals surface area contributed by atoms with Crippen LogP contribution in [0.3, 0.4) is 0 Å². The molecule has 2 aromatic carbocycles. The van der Waals surface area contributed by atoms with Crippen LogP contribution in [0.15, 0.2) is 60.7 Å². The van der Waals surface area contributed by atoms with E-state index in [1.807, 2.05) is 42.1 Å². The van der Waals surface area contributed by atoms with E-state index in [0.717, 1.165) is 17.7 Å². The van der Waals surface area contributed by atoms with E-state index in [1.165, 1.54) is 0 Å². The summed E-state index contributed by atoms with van der Waals surface area (Å²) < 4.78 is 5.82. The Bertz CT molecular complexity index is 780. The molecule has 0 aliphatic carbocycles. The molecule has 0 saturated heterocycles. The molecule has 0 fully saturated rings. The van der Waals surface area contributed by atoms with Gasteiger partial charge in [-0.3, -0.25) is 15.5 Å². The van der Waals surface area contributed by atoms with Gasteiger partial charge in [-0.05, 0) is 54.3 Å². The van der Waals surface area contributed by atoms with Crippen LogP contribution in [0.25, 0.3) is 6.08 Å². The average Bonchev–Trinajstić information content (AvgIpc) is 2.74. The molecule has 148 valence electrons. The topological polar surface area (TPSA) is 70.6 Å². The normalized spacial score (nSPS) is 11.8. The summed E-state index contributed by atoms with van der Waals surface area (Å²) in [4.78, 5) is 12.5. The smallest absolute Gasteiger partial charge is 0.244 e. The SMILES string of the molecule is CSCC[C@H](COc1ccc(C(=S)NO)cc1)NC(=O)/C=C/c1ccccc1. The zero-order chi connectivity index (χ0) is 20.2. The second kappa shape index (κ2) is 12.2. The van der Waals surface area contributed by atoms with Crippen molar-refractivity contribution in [1.82, 2.24) is 10.8 Å². The Kier molecular flexibility index (Phi) is 9.54. The first-order valence-corrected chi connectivity index (χ1v) is 10.6. The number of hydroxylamine groups is 1. The summed E-state index contributed by atoms with van der Waals surface area (Å²) in [6.45, 7) is 0.369. The van der Waals surface area contributed by atoms with Crippen molar-refractivity contribution in [2.45, 2.75) is 12.5 Å². The van der Waals surface area contributed by atoms with Crippen LogP contribution in [0.4, 0.5) is 0 Å². The van der Waals surface area contributed by atoms with Gasteiger partial charge in [-0.1, -0.05) is 42.5 Å².